The van der Waals surface area contributed by atoms with Crippen molar-refractivity contribution in [1.82, 2.24) is 14.9 Å². The molecule has 0 spiro atoms. The van der Waals surface area contributed by atoms with Crippen LogP contribution in [-0.2, 0) is 4.79 Å². The number of anilines is 1. The number of aromatic nitrogens is 2. The Morgan fingerprint density at radius 1 is 0.966 bits per heavy atom. The van der Waals surface area contributed by atoms with Gasteiger partial charge in [0.15, 0.2) is 0 Å². The van der Waals surface area contributed by atoms with Gasteiger partial charge in [-0.3, -0.25) is 4.79 Å². The average Bonchev–Trinajstić information content (AvgIpc) is 3.30. The molecule has 3 aliphatic rings. The van der Waals surface area contributed by atoms with Crippen LogP contribution in [-0.4, -0.2) is 34.6 Å². The van der Waals surface area contributed by atoms with Gasteiger partial charge in [0.25, 0.3) is 0 Å². The van der Waals surface area contributed by atoms with Crippen LogP contribution in [0.3, 0.4) is 0 Å². The van der Waals surface area contributed by atoms with Gasteiger partial charge >= 0.3 is 0 Å². The second-order valence-corrected chi connectivity index (χ2v) is 9.54. The second-order valence-electron chi connectivity index (χ2n) is 9.54. The number of fused-ring (bicyclic) bond motifs is 1. The maximum Gasteiger partial charge on any atom is 0.223 e. The molecule has 0 bridgehead atoms. The Morgan fingerprint density at radius 3 is 2.31 bits per heavy atom. The van der Waals surface area contributed by atoms with Crippen molar-refractivity contribution in [2.75, 3.05) is 18.0 Å². The minimum Gasteiger partial charge on any atom is -0.353 e. The topological polar surface area (TPSA) is 50.2 Å². The summed E-state index contributed by atoms with van der Waals surface area (Å²) in [6.07, 6.45) is 10.5. The first-order chi connectivity index (χ1) is 14.1. The fourth-order valence-electron chi connectivity index (χ4n) is 5.30. The number of piperidine rings is 1. The van der Waals surface area contributed by atoms with E-state index in [-0.39, 0.29) is 11.8 Å². The van der Waals surface area contributed by atoms with Gasteiger partial charge in [-0.2, -0.15) is 0 Å². The molecule has 5 nitrogen and oxygen atoms in total. The second kappa shape index (κ2) is 7.66. The molecular weight excluding hydrogens is 360 g/mol. The molecule has 1 aromatic carbocycles. The molecule has 5 heteroatoms. The first kappa shape index (κ1) is 19.0. The minimum absolute atomic E-state index is 0.165. The molecule has 29 heavy (non-hydrogen) atoms. The highest BCUT2D eigenvalue weighted by Crippen LogP contribution is 2.39. The molecule has 156 valence electrons. The van der Waals surface area contributed by atoms with E-state index in [1.54, 1.807) is 0 Å². The van der Waals surface area contributed by atoms with Gasteiger partial charge in [0, 0.05) is 31.1 Å². The van der Waals surface area contributed by atoms with Crippen LogP contribution in [0.1, 0.15) is 75.0 Å². The first-order valence-corrected chi connectivity index (χ1v) is 11.6. The molecule has 2 heterocycles. The van der Waals surface area contributed by atoms with Crippen molar-refractivity contribution >= 4 is 22.9 Å². The predicted molar refractivity (Wildman–Crippen MR) is 117 cm³/mol. The quantitative estimate of drug-likeness (QED) is 0.821. The molecule has 1 aromatic heterocycles. The van der Waals surface area contributed by atoms with Crippen LogP contribution < -0.4 is 10.2 Å². The van der Waals surface area contributed by atoms with E-state index in [2.05, 4.69) is 40.8 Å². The summed E-state index contributed by atoms with van der Waals surface area (Å²) in [6, 6.07) is 5.57. The molecule has 1 amide bonds. The zero-order valence-electron chi connectivity index (χ0n) is 17.9. The molecule has 0 radical (unpaired) electrons. The lowest BCUT2D eigenvalue weighted by molar-refractivity contribution is -0.126. The maximum absolute atomic E-state index is 12.7. The molecule has 2 saturated carbocycles. The SMILES string of the molecule is Cc1cc2nc(N3CCC(C(=O)NC4CCCC4)CC3)n(C3CCC3)c2cc1C. The number of amides is 1. The van der Waals surface area contributed by atoms with Crippen molar-refractivity contribution in [3.63, 3.8) is 0 Å². The van der Waals surface area contributed by atoms with E-state index < -0.39 is 0 Å². The van der Waals surface area contributed by atoms with Gasteiger partial charge in [-0.25, -0.2) is 4.98 Å². The fourth-order valence-corrected chi connectivity index (χ4v) is 5.30. The highest BCUT2D eigenvalue weighted by molar-refractivity contribution is 5.82. The summed E-state index contributed by atoms with van der Waals surface area (Å²) in [5.41, 5.74) is 5.06. The number of aryl methyl sites for hydroxylation is 2. The summed E-state index contributed by atoms with van der Waals surface area (Å²) in [7, 11) is 0. The standard InChI is InChI=1S/C24H34N4O/c1-16-14-21-22(15-17(16)2)28(20-8-5-9-20)24(26-21)27-12-10-18(11-13-27)23(29)25-19-6-3-4-7-19/h14-15,18-20H,3-13H2,1-2H3,(H,25,29). The Labute approximate surface area is 173 Å². The van der Waals surface area contributed by atoms with Gasteiger partial charge in [-0.1, -0.05) is 12.8 Å². The lowest BCUT2D eigenvalue weighted by Crippen LogP contribution is -2.44. The molecule has 2 aliphatic carbocycles. The Bertz CT molecular complexity index is 899. The zero-order valence-corrected chi connectivity index (χ0v) is 17.9. The third-order valence-corrected chi connectivity index (χ3v) is 7.58. The summed E-state index contributed by atoms with van der Waals surface area (Å²) < 4.78 is 2.50. The van der Waals surface area contributed by atoms with Crippen LogP contribution in [0, 0.1) is 19.8 Å². The van der Waals surface area contributed by atoms with Crippen LogP contribution in [0.2, 0.25) is 0 Å². The van der Waals surface area contributed by atoms with Crippen molar-refractivity contribution in [3.8, 4) is 0 Å². The Hall–Kier alpha value is -2.04. The Morgan fingerprint density at radius 2 is 1.66 bits per heavy atom. The summed E-state index contributed by atoms with van der Waals surface area (Å²) >= 11 is 0. The van der Waals surface area contributed by atoms with Crippen LogP contribution in [0.15, 0.2) is 12.1 Å². The lowest BCUT2D eigenvalue weighted by Gasteiger charge is -2.36. The largest absolute Gasteiger partial charge is 0.353 e. The third kappa shape index (κ3) is 3.53. The molecule has 1 N–H and O–H groups in total. The van der Waals surface area contributed by atoms with Gasteiger partial charge in [0.1, 0.15) is 0 Å². The molecule has 2 aromatic rings. The molecule has 0 unspecified atom stereocenters. The molecule has 1 saturated heterocycles. The van der Waals surface area contributed by atoms with Crippen molar-refractivity contribution in [2.45, 2.75) is 83.7 Å². The number of carbonyl (C=O) groups excluding carboxylic acids is 1. The first-order valence-electron chi connectivity index (χ1n) is 11.6. The van der Waals surface area contributed by atoms with Crippen LogP contribution in [0.25, 0.3) is 11.0 Å². The van der Waals surface area contributed by atoms with E-state index in [1.165, 1.54) is 48.7 Å². The third-order valence-electron chi connectivity index (χ3n) is 7.58. The maximum atomic E-state index is 12.7. The highest BCUT2D eigenvalue weighted by Gasteiger charge is 2.32. The number of carbonyl (C=O) groups is 1. The van der Waals surface area contributed by atoms with E-state index in [4.69, 9.17) is 4.98 Å². The van der Waals surface area contributed by atoms with Gasteiger partial charge in [-0.15, -0.1) is 0 Å². The molecule has 3 fully saturated rings. The van der Waals surface area contributed by atoms with Gasteiger partial charge in [0.2, 0.25) is 11.9 Å². The van der Waals surface area contributed by atoms with E-state index in [0.29, 0.717) is 12.1 Å². The smallest absolute Gasteiger partial charge is 0.223 e. The van der Waals surface area contributed by atoms with E-state index in [1.807, 2.05) is 0 Å². The number of imidazole rings is 1. The number of nitrogens with zero attached hydrogens (tertiary/aromatic N) is 3. The van der Waals surface area contributed by atoms with E-state index in [0.717, 1.165) is 50.2 Å². The van der Waals surface area contributed by atoms with Crippen molar-refractivity contribution < 1.29 is 4.79 Å². The normalized spacial score (nSPS) is 21.7. The lowest BCUT2D eigenvalue weighted by atomic mass is 9.92. The molecule has 0 atom stereocenters. The number of hydrogen-bond acceptors (Lipinski definition) is 3. The van der Waals surface area contributed by atoms with E-state index in [9.17, 15) is 4.79 Å². The number of benzene rings is 1. The Kier molecular flexibility index (Phi) is 5.00. The zero-order chi connectivity index (χ0) is 20.0. The monoisotopic (exact) mass is 394 g/mol. The summed E-state index contributed by atoms with van der Waals surface area (Å²) in [5, 5.41) is 3.31. The fraction of sp³-hybridized carbons (Fsp3) is 0.667. The summed E-state index contributed by atoms with van der Waals surface area (Å²) in [6.45, 7) is 6.22. The molecule has 5 rings (SSSR count). The van der Waals surface area contributed by atoms with Crippen molar-refractivity contribution in [2.24, 2.45) is 5.92 Å². The molecule has 1 aliphatic heterocycles. The molecular formula is C24H34N4O. The summed E-state index contributed by atoms with van der Waals surface area (Å²) in [5.74, 6) is 1.58. The van der Waals surface area contributed by atoms with Crippen LogP contribution >= 0.6 is 0 Å². The van der Waals surface area contributed by atoms with Crippen LogP contribution in [0.4, 0.5) is 5.95 Å². The van der Waals surface area contributed by atoms with Gasteiger partial charge in [-0.05, 0) is 82.1 Å². The van der Waals surface area contributed by atoms with E-state index >= 15 is 0 Å². The van der Waals surface area contributed by atoms with Gasteiger partial charge in [0.05, 0.1) is 11.0 Å². The predicted octanol–water partition coefficient (Wildman–Crippen LogP) is 4.65. The highest BCUT2D eigenvalue weighted by atomic mass is 16.1. The number of nitrogens with one attached hydrogen (secondary N) is 1. The van der Waals surface area contributed by atoms with Crippen molar-refractivity contribution in [1.29, 1.82) is 0 Å². The average molecular weight is 395 g/mol. The summed E-state index contributed by atoms with van der Waals surface area (Å²) in [4.78, 5) is 20.2. The van der Waals surface area contributed by atoms with Crippen molar-refractivity contribution in [3.05, 3.63) is 23.3 Å². The number of rotatable bonds is 4. The Balaban J connectivity index is 1.34. The minimum atomic E-state index is 0.165. The van der Waals surface area contributed by atoms with Crippen LogP contribution in [0.5, 0.6) is 0 Å². The van der Waals surface area contributed by atoms with Gasteiger partial charge < -0.3 is 14.8 Å². The number of hydrogen-bond donors (Lipinski definition) is 1.